The molecule has 1 aromatic heterocycles. The highest BCUT2D eigenvalue weighted by atomic mass is 16.5. The number of rotatable bonds is 5. The van der Waals surface area contributed by atoms with Gasteiger partial charge in [-0.05, 0) is 44.7 Å². The van der Waals surface area contributed by atoms with Crippen molar-refractivity contribution >= 4 is 5.91 Å². The third-order valence-corrected chi connectivity index (χ3v) is 3.17. The Morgan fingerprint density at radius 3 is 3.15 bits per heavy atom. The number of ether oxygens (including phenoxy) is 2. The summed E-state index contributed by atoms with van der Waals surface area (Å²) in [6.45, 7) is 6.02. The average Bonchev–Trinajstić information content (AvgIpc) is 2.46. The molecule has 1 aliphatic heterocycles. The molecule has 2 rings (SSSR count). The first-order chi connectivity index (χ1) is 9.66. The predicted octanol–water partition coefficient (Wildman–Crippen LogP) is 2.03. The van der Waals surface area contributed by atoms with E-state index in [1.54, 1.807) is 18.3 Å². The molecule has 5 heteroatoms. The van der Waals surface area contributed by atoms with E-state index in [0.717, 1.165) is 26.1 Å². The minimum Gasteiger partial charge on any atom is -0.474 e. The fraction of sp³-hybridized carbons (Fsp3) is 0.600. The Labute approximate surface area is 119 Å². The lowest BCUT2D eigenvalue weighted by atomic mass is 10.0. The number of nitrogens with zero attached hydrogens (tertiary/aromatic N) is 1. The second-order valence-corrected chi connectivity index (χ2v) is 5.32. The lowest BCUT2D eigenvalue weighted by molar-refractivity contribution is 0.0535. The topological polar surface area (TPSA) is 60.5 Å². The fourth-order valence-corrected chi connectivity index (χ4v) is 2.18. The summed E-state index contributed by atoms with van der Waals surface area (Å²) in [4.78, 5) is 16.3. The van der Waals surface area contributed by atoms with Crippen LogP contribution < -0.4 is 10.1 Å². The molecule has 5 nitrogen and oxygen atoms in total. The average molecular weight is 278 g/mol. The molecule has 1 amide bonds. The van der Waals surface area contributed by atoms with Crippen LogP contribution in [-0.2, 0) is 4.74 Å². The summed E-state index contributed by atoms with van der Waals surface area (Å²) in [6.07, 6.45) is 3.78. The number of hydrogen-bond donors (Lipinski definition) is 1. The molecule has 1 aliphatic rings. The lowest BCUT2D eigenvalue weighted by Crippen LogP contribution is -2.33. The first kappa shape index (κ1) is 14.8. The van der Waals surface area contributed by atoms with Gasteiger partial charge in [0, 0.05) is 19.3 Å². The molecule has 0 radical (unpaired) electrons. The van der Waals surface area contributed by atoms with Gasteiger partial charge in [-0.15, -0.1) is 0 Å². The van der Waals surface area contributed by atoms with Gasteiger partial charge < -0.3 is 14.8 Å². The fourth-order valence-electron chi connectivity index (χ4n) is 2.18. The molecule has 20 heavy (non-hydrogen) atoms. The van der Waals surface area contributed by atoms with E-state index in [0.29, 0.717) is 23.9 Å². The Morgan fingerprint density at radius 1 is 1.60 bits per heavy atom. The summed E-state index contributed by atoms with van der Waals surface area (Å²) in [5.41, 5.74) is 0.484. The van der Waals surface area contributed by atoms with Gasteiger partial charge in [-0.1, -0.05) is 0 Å². The Bertz CT molecular complexity index is 442. The molecule has 1 saturated heterocycles. The summed E-state index contributed by atoms with van der Waals surface area (Å²) in [5.74, 6) is 0.651. The van der Waals surface area contributed by atoms with Crippen molar-refractivity contribution in [3.05, 3.63) is 23.9 Å². The second kappa shape index (κ2) is 7.24. The molecule has 1 aromatic rings. The van der Waals surface area contributed by atoms with Crippen LogP contribution in [0.3, 0.4) is 0 Å². The number of carbonyl (C=O) groups is 1. The van der Waals surface area contributed by atoms with Gasteiger partial charge in [-0.2, -0.15) is 0 Å². The van der Waals surface area contributed by atoms with E-state index in [-0.39, 0.29) is 12.0 Å². The lowest BCUT2D eigenvalue weighted by Gasteiger charge is -2.22. The summed E-state index contributed by atoms with van der Waals surface area (Å²) >= 11 is 0. The van der Waals surface area contributed by atoms with E-state index >= 15 is 0 Å². The molecule has 0 spiro atoms. The van der Waals surface area contributed by atoms with Crippen molar-refractivity contribution < 1.29 is 14.3 Å². The highest BCUT2D eigenvalue weighted by Gasteiger charge is 2.18. The van der Waals surface area contributed by atoms with Gasteiger partial charge in [-0.3, -0.25) is 4.79 Å². The summed E-state index contributed by atoms with van der Waals surface area (Å²) in [5, 5.41) is 2.94. The zero-order chi connectivity index (χ0) is 14.4. The van der Waals surface area contributed by atoms with Crippen LogP contribution in [0.25, 0.3) is 0 Å². The molecule has 0 bridgehead atoms. The Morgan fingerprint density at radius 2 is 2.45 bits per heavy atom. The Kier molecular flexibility index (Phi) is 5.35. The Balaban J connectivity index is 1.94. The van der Waals surface area contributed by atoms with Crippen molar-refractivity contribution in [2.45, 2.75) is 32.8 Å². The molecule has 1 unspecified atom stereocenters. The highest BCUT2D eigenvalue weighted by Crippen LogP contribution is 2.17. The van der Waals surface area contributed by atoms with Gasteiger partial charge in [0.25, 0.3) is 5.91 Å². The number of amides is 1. The number of aromatic nitrogens is 1. The van der Waals surface area contributed by atoms with E-state index in [1.807, 2.05) is 13.8 Å². The molecule has 0 aliphatic carbocycles. The van der Waals surface area contributed by atoms with Gasteiger partial charge in [0.2, 0.25) is 5.88 Å². The van der Waals surface area contributed by atoms with Crippen LogP contribution in [0.5, 0.6) is 5.88 Å². The summed E-state index contributed by atoms with van der Waals surface area (Å²) in [7, 11) is 0. The van der Waals surface area contributed by atoms with Crippen LogP contribution in [0.15, 0.2) is 18.3 Å². The molecule has 0 aromatic carbocycles. The van der Waals surface area contributed by atoms with Crippen LogP contribution in [0, 0.1) is 5.92 Å². The van der Waals surface area contributed by atoms with Gasteiger partial charge >= 0.3 is 0 Å². The third kappa shape index (κ3) is 4.20. The second-order valence-electron chi connectivity index (χ2n) is 5.32. The summed E-state index contributed by atoms with van der Waals surface area (Å²) in [6, 6.07) is 3.48. The summed E-state index contributed by atoms with van der Waals surface area (Å²) < 4.78 is 11.0. The van der Waals surface area contributed by atoms with Crippen molar-refractivity contribution in [3.63, 3.8) is 0 Å². The van der Waals surface area contributed by atoms with Gasteiger partial charge in [-0.25, -0.2) is 4.98 Å². The molecular formula is C15H22N2O3. The standard InChI is InChI=1S/C15H22N2O3/c1-11(2)20-15-13(6-3-7-16-15)14(18)17-9-12-5-4-8-19-10-12/h3,6-7,11-12H,4-5,8-10H2,1-2H3,(H,17,18). The van der Waals surface area contributed by atoms with E-state index in [1.165, 1.54) is 0 Å². The predicted molar refractivity (Wildman–Crippen MR) is 75.9 cm³/mol. The maximum Gasteiger partial charge on any atom is 0.256 e. The first-order valence-electron chi connectivity index (χ1n) is 7.14. The molecule has 110 valence electrons. The van der Waals surface area contributed by atoms with Crippen LogP contribution in [0.1, 0.15) is 37.0 Å². The third-order valence-electron chi connectivity index (χ3n) is 3.17. The van der Waals surface area contributed by atoms with Crippen LogP contribution in [0.2, 0.25) is 0 Å². The minimum atomic E-state index is -0.140. The normalized spacial score (nSPS) is 18.9. The quantitative estimate of drug-likeness (QED) is 0.895. The largest absolute Gasteiger partial charge is 0.474 e. The number of nitrogens with one attached hydrogen (secondary N) is 1. The van der Waals surface area contributed by atoms with Crippen molar-refractivity contribution in [3.8, 4) is 5.88 Å². The molecular weight excluding hydrogens is 256 g/mol. The molecule has 1 fully saturated rings. The van der Waals surface area contributed by atoms with E-state index < -0.39 is 0 Å². The maximum atomic E-state index is 12.2. The van der Waals surface area contributed by atoms with E-state index in [9.17, 15) is 4.79 Å². The molecule has 0 saturated carbocycles. The molecule has 1 N–H and O–H groups in total. The van der Waals surface area contributed by atoms with Crippen molar-refractivity contribution in [2.24, 2.45) is 5.92 Å². The van der Waals surface area contributed by atoms with E-state index in [2.05, 4.69) is 10.3 Å². The highest BCUT2D eigenvalue weighted by molar-refractivity contribution is 5.96. The van der Waals surface area contributed by atoms with Crippen LogP contribution >= 0.6 is 0 Å². The first-order valence-corrected chi connectivity index (χ1v) is 7.14. The zero-order valence-corrected chi connectivity index (χ0v) is 12.1. The Hall–Kier alpha value is -1.62. The SMILES string of the molecule is CC(C)Oc1ncccc1C(=O)NCC1CCCOC1. The number of carbonyl (C=O) groups excluding carboxylic acids is 1. The maximum absolute atomic E-state index is 12.2. The minimum absolute atomic E-state index is 0.0109. The number of pyridine rings is 1. The van der Waals surface area contributed by atoms with Crippen LogP contribution in [-0.4, -0.2) is 36.8 Å². The number of hydrogen-bond acceptors (Lipinski definition) is 4. The van der Waals surface area contributed by atoms with Crippen LogP contribution in [0.4, 0.5) is 0 Å². The monoisotopic (exact) mass is 278 g/mol. The molecule has 2 heterocycles. The van der Waals surface area contributed by atoms with Gasteiger partial charge in [0.1, 0.15) is 5.56 Å². The van der Waals surface area contributed by atoms with Gasteiger partial charge in [0.15, 0.2) is 0 Å². The van der Waals surface area contributed by atoms with Crippen molar-refractivity contribution in [1.29, 1.82) is 0 Å². The van der Waals surface area contributed by atoms with Crippen molar-refractivity contribution in [1.82, 2.24) is 10.3 Å². The van der Waals surface area contributed by atoms with Crippen molar-refractivity contribution in [2.75, 3.05) is 19.8 Å². The van der Waals surface area contributed by atoms with Gasteiger partial charge in [0.05, 0.1) is 12.7 Å². The van der Waals surface area contributed by atoms with E-state index in [4.69, 9.17) is 9.47 Å². The zero-order valence-electron chi connectivity index (χ0n) is 12.1. The molecule has 1 atom stereocenters. The smallest absolute Gasteiger partial charge is 0.256 e.